The number of aliphatic carboxylic acids is 1. The number of carboxylic acid groups (broad SMARTS) is 1. The molecule has 1 unspecified atom stereocenters. The van der Waals surface area contributed by atoms with Crippen molar-refractivity contribution < 1.29 is 14.7 Å². The van der Waals surface area contributed by atoms with E-state index in [4.69, 9.17) is 16.6 Å². The van der Waals surface area contributed by atoms with E-state index in [9.17, 15) is 9.59 Å². The van der Waals surface area contributed by atoms with E-state index in [1.165, 1.54) is 6.07 Å². The molecule has 0 saturated carbocycles. The summed E-state index contributed by atoms with van der Waals surface area (Å²) in [5.74, 6) is -1.13. The van der Waals surface area contributed by atoms with Gasteiger partial charge in [-0.25, -0.2) is 4.98 Å². The standard InChI is InChI=1S/C11H14N4O3/c12-9(16)7-2-1-3-8(14-7)15-5-4-11(13,6-15)10(17)18/h1-3H,4-6,13H2,(H2,12,16)(H,17,18). The predicted molar refractivity (Wildman–Crippen MR) is 64.1 cm³/mol. The predicted octanol–water partition coefficient (Wildman–Crippen LogP) is -0.827. The molecule has 1 fully saturated rings. The van der Waals surface area contributed by atoms with E-state index in [0.29, 0.717) is 18.8 Å². The van der Waals surface area contributed by atoms with Crippen LogP contribution in [0.4, 0.5) is 5.82 Å². The van der Waals surface area contributed by atoms with Crippen LogP contribution < -0.4 is 16.4 Å². The molecule has 96 valence electrons. The van der Waals surface area contributed by atoms with Gasteiger partial charge in [0.25, 0.3) is 5.91 Å². The van der Waals surface area contributed by atoms with Crippen molar-refractivity contribution in [1.29, 1.82) is 0 Å². The summed E-state index contributed by atoms with van der Waals surface area (Å²) < 4.78 is 0. The highest BCUT2D eigenvalue weighted by Gasteiger charge is 2.41. The van der Waals surface area contributed by atoms with Crippen LogP contribution in [-0.4, -0.2) is 40.6 Å². The largest absolute Gasteiger partial charge is 0.480 e. The Bertz CT molecular complexity index is 505. The fourth-order valence-corrected chi connectivity index (χ4v) is 1.94. The van der Waals surface area contributed by atoms with Crippen LogP contribution in [0.5, 0.6) is 0 Å². The van der Waals surface area contributed by atoms with E-state index in [0.717, 1.165) is 0 Å². The second-order valence-corrected chi connectivity index (χ2v) is 4.38. The lowest BCUT2D eigenvalue weighted by Crippen LogP contribution is -2.50. The van der Waals surface area contributed by atoms with Gasteiger partial charge in [0.1, 0.15) is 17.1 Å². The molecule has 1 aliphatic rings. The number of carbonyl (C=O) groups is 2. The number of hydrogen-bond donors (Lipinski definition) is 3. The van der Waals surface area contributed by atoms with Crippen molar-refractivity contribution in [3.8, 4) is 0 Å². The number of amides is 1. The van der Waals surface area contributed by atoms with Crippen LogP contribution in [0.25, 0.3) is 0 Å². The summed E-state index contributed by atoms with van der Waals surface area (Å²) in [6.07, 6.45) is 0.338. The first-order chi connectivity index (χ1) is 8.42. The van der Waals surface area contributed by atoms with Crippen LogP contribution in [0.3, 0.4) is 0 Å². The zero-order valence-corrected chi connectivity index (χ0v) is 9.67. The Morgan fingerprint density at radius 1 is 1.44 bits per heavy atom. The number of nitrogens with zero attached hydrogens (tertiary/aromatic N) is 2. The molecule has 5 N–H and O–H groups in total. The number of carbonyl (C=O) groups excluding carboxylic acids is 1. The number of rotatable bonds is 3. The summed E-state index contributed by atoms with van der Waals surface area (Å²) in [6.45, 7) is 0.648. The molecular weight excluding hydrogens is 236 g/mol. The second-order valence-electron chi connectivity index (χ2n) is 4.38. The second kappa shape index (κ2) is 4.26. The summed E-state index contributed by atoms with van der Waals surface area (Å²) in [6, 6.07) is 4.86. The lowest BCUT2D eigenvalue weighted by atomic mass is 10.0. The minimum atomic E-state index is -1.26. The van der Waals surface area contributed by atoms with Crippen LogP contribution in [0.2, 0.25) is 0 Å². The lowest BCUT2D eigenvalue weighted by Gasteiger charge is -2.20. The van der Waals surface area contributed by atoms with Crippen molar-refractivity contribution in [3.05, 3.63) is 23.9 Å². The van der Waals surface area contributed by atoms with Gasteiger partial charge in [0, 0.05) is 13.1 Å². The van der Waals surface area contributed by atoms with Gasteiger partial charge >= 0.3 is 5.97 Å². The average molecular weight is 250 g/mol. The third-order valence-corrected chi connectivity index (χ3v) is 3.04. The maximum atomic E-state index is 11.0. The van der Waals surface area contributed by atoms with Crippen LogP contribution in [0, 0.1) is 0 Å². The summed E-state index contributed by atoms with van der Waals surface area (Å²) in [7, 11) is 0. The van der Waals surface area contributed by atoms with Gasteiger partial charge < -0.3 is 21.5 Å². The fourth-order valence-electron chi connectivity index (χ4n) is 1.94. The van der Waals surface area contributed by atoms with Gasteiger partial charge in [-0.05, 0) is 18.6 Å². The van der Waals surface area contributed by atoms with E-state index in [1.807, 2.05) is 0 Å². The fraction of sp³-hybridized carbons (Fsp3) is 0.364. The van der Waals surface area contributed by atoms with Gasteiger partial charge in [-0.1, -0.05) is 6.07 Å². The molecular formula is C11H14N4O3. The molecule has 1 atom stereocenters. The Balaban J connectivity index is 2.22. The van der Waals surface area contributed by atoms with E-state index in [2.05, 4.69) is 4.98 Å². The van der Waals surface area contributed by atoms with Crippen LogP contribution >= 0.6 is 0 Å². The zero-order chi connectivity index (χ0) is 13.3. The topological polar surface area (TPSA) is 123 Å². The van der Waals surface area contributed by atoms with Crippen molar-refractivity contribution >= 4 is 17.7 Å². The monoisotopic (exact) mass is 250 g/mol. The number of carboxylic acids is 1. The number of aromatic nitrogens is 1. The van der Waals surface area contributed by atoms with Crippen molar-refractivity contribution in [2.45, 2.75) is 12.0 Å². The van der Waals surface area contributed by atoms with Gasteiger partial charge in [0.2, 0.25) is 0 Å². The first-order valence-electron chi connectivity index (χ1n) is 5.46. The molecule has 1 aliphatic heterocycles. The smallest absolute Gasteiger partial charge is 0.325 e. The maximum Gasteiger partial charge on any atom is 0.325 e. The Kier molecular flexibility index (Phi) is 2.92. The number of anilines is 1. The number of nitrogens with two attached hydrogens (primary N) is 2. The first-order valence-corrected chi connectivity index (χ1v) is 5.46. The molecule has 1 amide bonds. The van der Waals surface area contributed by atoms with Crippen LogP contribution in [-0.2, 0) is 4.79 Å². The van der Waals surface area contributed by atoms with Gasteiger partial charge in [-0.3, -0.25) is 9.59 Å². The minimum Gasteiger partial charge on any atom is -0.480 e. The Morgan fingerprint density at radius 3 is 2.72 bits per heavy atom. The van der Waals surface area contributed by atoms with Crippen LogP contribution in [0.1, 0.15) is 16.9 Å². The molecule has 0 radical (unpaired) electrons. The summed E-state index contributed by atoms with van der Waals surface area (Å²) in [5.41, 5.74) is 9.80. The molecule has 7 heteroatoms. The molecule has 2 heterocycles. The average Bonchev–Trinajstić information content (AvgIpc) is 2.73. The molecule has 0 aliphatic carbocycles. The van der Waals surface area contributed by atoms with E-state index in [1.54, 1.807) is 17.0 Å². The molecule has 1 saturated heterocycles. The number of hydrogen-bond acceptors (Lipinski definition) is 5. The van der Waals surface area contributed by atoms with Crippen molar-refractivity contribution in [2.75, 3.05) is 18.0 Å². The highest BCUT2D eigenvalue weighted by atomic mass is 16.4. The Hall–Kier alpha value is -2.15. The highest BCUT2D eigenvalue weighted by molar-refractivity contribution is 5.91. The maximum absolute atomic E-state index is 11.0. The molecule has 0 spiro atoms. The summed E-state index contributed by atoms with van der Waals surface area (Å²) in [5, 5.41) is 9.03. The minimum absolute atomic E-state index is 0.150. The van der Waals surface area contributed by atoms with Gasteiger partial charge in [0.05, 0.1) is 0 Å². The van der Waals surface area contributed by atoms with Crippen molar-refractivity contribution in [1.82, 2.24) is 4.98 Å². The van der Waals surface area contributed by atoms with Crippen LogP contribution in [0.15, 0.2) is 18.2 Å². The van der Waals surface area contributed by atoms with Gasteiger partial charge in [-0.15, -0.1) is 0 Å². The molecule has 1 aromatic heterocycles. The quantitative estimate of drug-likeness (QED) is 0.643. The molecule has 1 aromatic rings. The number of pyridine rings is 1. The summed E-state index contributed by atoms with van der Waals surface area (Å²) >= 11 is 0. The molecule has 0 bridgehead atoms. The van der Waals surface area contributed by atoms with E-state index < -0.39 is 17.4 Å². The molecule has 18 heavy (non-hydrogen) atoms. The van der Waals surface area contributed by atoms with E-state index >= 15 is 0 Å². The zero-order valence-electron chi connectivity index (χ0n) is 9.67. The molecule has 0 aromatic carbocycles. The third-order valence-electron chi connectivity index (χ3n) is 3.04. The number of primary amides is 1. The molecule has 2 rings (SSSR count). The Labute approximate surface area is 103 Å². The third kappa shape index (κ3) is 2.12. The SMILES string of the molecule is NC(=O)c1cccc(N2CCC(N)(C(=O)O)C2)n1. The van der Waals surface area contributed by atoms with Gasteiger partial charge in [0.15, 0.2) is 0 Å². The highest BCUT2D eigenvalue weighted by Crippen LogP contribution is 2.24. The van der Waals surface area contributed by atoms with Crippen molar-refractivity contribution in [3.63, 3.8) is 0 Å². The lowest BCUT2D eigenvalue weighted by molar-refractivity contribution is -0.142. The Morgan fingerprint density at radius 2 is 2.17 bits per heavy atom. The van der Waals surface area contributed by atoms with Crippen molar-refractivity contribution in [2.24, 2.45) is 11.5 Å². The van der Waals surface area contributed by atoms with E-state index in [-0.39, 0.29) is 12.2 Å². The van der Waals surface area contributed by atoms with Gasteiger partial charge in [-0.2, -0.15) is 0 Å². The first kappa shape index (κ1) is 12.3. The molecule has 7 nitrogen and oxygen atoms in total. The summed E-state index contributed by atoms with van der Waals surface area (Å²) in [4.78, 5) is 27.9. The normalized spacial score (nSPS) is 23.1.